The van der Waals surface area contributed by atoms with Crippen LogP contribution in [0.1, 0.15) is 56.1 Å². The SMILES string of the molecule is CC(O)CC1CCCN1C(=O)C1CCCc2ccccc21. The summed E-state index contributed by atoms with van der Waals surface area (Å²) in [7, 11) is 0. The molecule has 0 saturated carbocycles. The third kappa shape index (κ3) is 2.98. The zero-order valence-electron chi connectivity index (χ0n) is 12.8. The Morgan fingerprint density at radius 2 is 2.14 bits per heavy atom. The van der Waals surface area contributed by atoms with Crippen molar-refractivity contribution >= 4 is 5.91 Å². The number of amides is 1. The molecule has 1 aromatic rings. The van der Waals surface area contributed by atoms with Gasteiger partial charge in [-0.2, -0.15) is 0 Å². The van der Waals surface area contributed by atoms with E-state index in [1.165, 1.54) is 11.1 Å². The molecule has 3 nitrogen and oxygen atoms in total. The fourth-order valence-corrected chi connectivity index (χ4v) is 3.98. The molecule has 1 N–H and O–H groups in total. The van der Waals surface area contributed by atoms with Crippen molar-refractivity contribution in [2.24, 2.45) is 0 Å². The highest BCUT2D eigenvalue weighted by atomic mass is 16.3. The average molecular weight is 287 g/mol. The Bertz CT molecular complexity index is 512. The summed E-state index contributed by atoms with van der Waals surface area (Å²) in [5.41, 5.74) is 2.57. The Balaban J connectivity index is 1.79. The number of hydrogen-bond acceptors (Lipinski definition) is 2. The molecular weight excluding hydrogens is 262 g/mol. The third-order valence-corrected chi connectivity index (χ3v) is 4.94. The summed E-state index contributed by atoms with van der Waals surface area (Å²) >= 11 is 0. The molecule has 0 bridgehead atoms. The van der Waals surface area contributed by atoms with Crippen LogP contribution in [0.15, 0.2) is 24.3 Å². The molecule has 1 aromatic carbocycles. The first kappa shape index (κ1) is 14.6. The number of nitrogens with zero attached hydrogens (tertiary/aromatic N) is 1. The third-order valence-electron chi connectivity index (χ3n) is 4.94. The van der Waals surface area contributed by atoms with Crippen molar-refractivity contribution < 1.29 is 9.90 Å². The lowest BCUT2D eigenvalue weighted by molar-refractivity contribution is -0.134. The minimum atomic E-state index is -0.331. The molecule has 3 heteroatoms. The summed E-state index contributed by atoms with van der Waals surface area (Å²) in [6.45, 7) is 2.67. The number of benzene rings is 1. The Kier molecular flexibility index (Phi) is 4.29. The van der Waals surface area contributed by atoms with Crippen molar-refractivity contribution in [3.05, 3.63) is 35.4 Å². The van der Waals surface area contributed by atoms with E-state index in [4.69, 9.17) is 0 Å². The number of rotatable bonds is 3. The van der Waals surface area contributed by atoms with E-state index in [0.717, 1.165) is 38.6 Å². The van der Waals surface area contributed by atoms with Gasteiger partial charge in [0.25, 0.3) is 0 Å². The fraction of sp³-hybridized carbons (Fsp3) is 0.611. The van der Waals surface area contributed by atoms with Gasteiger partial charge in [-0.15, -0.1) is 0 Å². The first-order valence-corrected chi connectivity index (χ1v) is 8.23. The van der Waals surface area contributed by atoms with E-state index in [-0.39, 0.29) is 24.0 Å². The van der Waals surface area contributed by atoms with E-state index in [1.807, 2.05) is 17.9 Å². The number of aliphatic hydroxyl groups excluding tert-OH is 1. The molecule has 1 aliphatic carbocycles. The van der Waals surface area contributed by atoms with E-state index in [1.54, 1.807) is 0 Å². The van der Waals surface area contributed by atoms with Gasteiger partial charge in [0, 0.05) is 12.6 Å². The Morgan fingerprint density at radius 1 is 1.33 bits per heavy atom. The van der Waals surface area contributed by atoms with Gasteiger partial charge in [-0.25, -0.2) is 0 Å². The molecule has 3 unspecified atom stereocenters. The standard InChI is InChI=1S/C18H25NO2/c1-13(20)12-15-8-5-11-19(15)18(21)17-10-4-7-14-6-2-3-9-16(14)17/h2-3,6,9,13,15,17,20H,4-5,7-8,10-12H2,1H3. The van der Waals surface area contributed by atoms with Crippen molar-refractivity contribution in [2.45, 2.75) is 63.5 Å². The lowest BCUT2D eigenvalue weighted by Crippen LogP contribution is -2.40. The van der Waals surface area contributed by atoms with Gasteiger partial charge >= 0.3 is 0 Å². The summed E-state index contributed by atoms with van der Waals surface area (Å²) in [5, 5.41) is 9.64. The second-order valence-electron chi connectivity index (χ2n) is 6.56. The minimum absolute atomic E-state index is 0.0320. The van der Waals surface area contributed by atoms with Crippen LogP contribution in [-0.4, -0.2) is 34.6 Å². The van der Waals surface area contributed by atoms with Gasteiger partial charge in [0.15, 0.2) is 0 Å². The lowest BCUT2D eigenvalue weighted by Gasteiger charge is -2.32. The smallest absolute Gasteiger partial charge is 0.230 e. The molecule has 1 fully saturated rings. The van der Waals surface area contributed by atoms with Crippen LogP contribution >= 0.6 is 0 Å². The van der Waals surface area contributed by atoms with Gasteiger partial charge in [0.1, 0.15) is 0 Å². The molecule has 1 saturated heterocycles. The van der Waals surface area contributed by atoms with Crippen molar-refractivity contribution in [3.8, 4) is 0 Å². The summed E-state index contributed by atoms with van der Waals surface area (Å²) in [6.07, 6.45) is 5.64. The highest BCUT2D eigenvalue weighted by molar-refractivity contribution is 5.85. The largest absolute Gasteiger partial charge is 0.393 e. The van der Waals surface area contributed by atoms with Crippen molar-refractivity contribution in [3.63, 3.8) is 0 Å². The molecule has 21 heavy (non-hydrogen) atoms. The quantitative estimate of drug-likeness (QED) is 0.928. The van der Waals surface area contributed by atoms with Crippen LogP contribution in [0.5, 0.6) is 0 Å². The number of carbonyl (C=O) groups is 1. The normalized spacial score (nSPS) is 26.5. The average Bonchev–Trinajstić information content (AvgIpc) is 2.93. The number of aryl methyl sites for hydroxylation is 1. The molecule has 3 atom stereocenters. The number of fused-ring (bicyclic) bond motifs is 1. The molecule has 0 aromatic heterocycles. The Hall–Kier alpha value is -1.35. The van der Waals surface area contributed by atoms with Gasteiger partial charge in [-0.1, -0.05) is 24.3 Å². The van der Waals surface area contributed by atoms with Crippen LogP contribution < -0.4 is 0 Å². The van der Waals surface area contributed by atoms with Crippen molar-refractivity contribution in [2.75, 3.05) is 6.54 Å². The molecule has 1 aliphatic heterocycles. The highest BCUT2D eigenvalue weighted by Crippen LogP contribution is 2.35. The van der Waals surface area contributed by atoms with E-state index in [0.29, 0.717) is 6.42 Å². The molecule has 114 valence electrons. The monoisotopic (exact) mass is 287 g/mol. The van der Waals surface area contributed by atoms with E-state index >= 15 is 0 Å². The van der Waals surface area contributed by atoms with Gasteiger partial charge in [-0.05, 0) is 56.6 Å². The van der Waals surface area contributed by atoms with Crippen LogP contribution in [0.3, 0.4) is 0 Å². The zero-order valence-corrected chi connectivity index (χ0v) is 12.8. The molecule has 3 rings (SSSR count). The van der Waals surface area contributed by atoms with Crippen molar-refractivity contribution in [1.82, 2.24) is 4.90 Å². The number of likely N-dealkylation sites (tertiary alicyclic amines) is 1. The fourth-order valence-electron chi connectivity index (χ4n) is 3.98. The number of aliphatic hydroxyl groups is 1. The first-order valence-electron chi connectivity index (χ1n) is 8.23. The summed E-state index contributed by atoms with van der Waals surface area (Å²) in [4.78, 5) is 15.0. The van der Waals surface area contributed by atoms with Crippen LogP contribution in [0.25, 0.3) is 0 Å². The van der Waals surface area contributed by atoms with E-state index in [9.17, 15) is 9.90 Å². The van der Waals surface area contributed by atoms with Gasteiger partial charge in [-0.3, -0.25) is 4.79 Å². The predicted molar refractivity (Wildman–Crippen MR) is 83.2 cm³/mol. The van der Waals surface area contributed by atoms with Crippen LogP contribution in [-0.2, 0) is 11.2 Å². The second-order valence-corrected chi connectivity index (χ2v) is 6.56. The summed E-state index contributed by atoms with van der Waals surface area (Å²) in [6, 6.07) is 8.62. The van der Waals surface area contributed by atoms with Crippen molar-refractivity contribution in [1.29, 1.82) is 0 Å². The zero-order chi connectivity index (χ0) is 14.8. The van der Waals surface area contributed by atoms with Crippen LogP contribution in [0, 0.1) is 0 Å². The molecular formula is C18H25NO2. The van der Waals surface area contributed by atoms with Crippen LogP contribution in [0.2, 0.25) is 0 Å². The Morgan fingerprint density at radius 3 is 2.95 bits per heavy atom. The Labute approximate surface area is 127 Å². The van der Waals surface area contributed by atoms with E-state index in [2.05, 4.69) is 18.2 Å². The van der Waals surface area contributed by atoms with Gasteiger partial charge < -0.3 is 10.0 Å². The molecule has 1 amide bonds. The molecule has 1 heterocycles. The topological polar surface area (TPSA) is 40.5 Å². The van der Waals surface area contributed by atoms with E-state index < -0.39 is 0 Å². The maximum Gasteiger partial charge on any atom is 0.230 e. The summed E-state index contributed by atoms with van der Waals surface area (Å²) in [5.74, 6) is 0.315. The molecule has 0 spiro atoms. The summed E-state index contributed by atoms with van der Waals surface area (Å²) < 4.78 is 0. The molecule has 2 aliphatic rings. The number of hydrogen-bond donors (Lipinski definition) is 1. The maximum absolute atomic E-state index is 13.0. The predicted octanol–water partition coefficient (Wildman–Crippen LogP) is 2.87. The number of carbonyl (C=O) groups excluding carboxylic acids is 1. The first-order chi connectivity index (χ1) is 10.2. The van der Waals surface area contributed by atoms with Crippen LogP contribution in [0.4, 0.5) is 0 Å². The minimum Gasteiger partial charge on any atom is -0.393 e. The lowest BCUT2D eigenvalue weighted by atomic mass is 9.82. The van der Waals surface area contributed by atoms with Gasteiger partial charge in [0.2, 0.25) is 5.91 Å². The maximum atomic E-state index is 13.0. The highest BCUT2D eigenvalue weighted by Gasteiger charge is 2.35. The van der Waals surface area contributed by atoms with Gasteiger partial charge in [0.05, 0.1) is 12.0 Å². The second kappa shape index (κ2) is 6.18. The molecule has 0 radical (unpaired) electrons.